The van der Waals surface area contributed by atoms with E-state index in [0.717, 1.165) is 24.7 Å². The first kappa shape index (κ1) is 11.5. The van der Waals surface area contributed by atoms with Crippen LogP contribution < -0.4 is 5.32 Å². The van der Waals surface area contributed by atoms with Gasteiger partial charge in [-0.2, -0.15) is 0 Å². The highest BCUT2D eigenvalue weighted by Gasteiger charge is 2.47. The van der Waals surface area contributed by atoms with Gasteiger partial charge in [-0.1, -0.05) is 12.8 Å². The Morgan fingerprint density at radius 1 is 1.12 bits per heavy atom. The van der Waals surface area contributed by atoms with Crippen LogP contribution in [0.1, 0.15) is 44.9 Å². The summed E-state index contributed by atoms with van der Waals surface area (Å²) >= 11 is 0. The second-order valence-corrected chi connectivity index (χ2v) is 5.99. The summed E-state index contributed by atoms with van der Waals surface area (Å²) in [5.41, 5.74) is 0. The lowest BCUT2D eigenvalue weighted by Crippen LogP contribution is -2.33. The molecule has 3 heteroatoms. The first-order chi connectivity index (χ1) is 8.33. The van der Waals surface area contributed by atoms with Crippen molar-refractivity contribution >= 4 is 5.91 Å². The molecule has 0 aromatic carbocycles. The van der Waals surface area contributed by atoms with Crippen LogP contribution in [0.5, 0.6) is 0 Å². The number of carbonyl (C=O) groups excluding carboxylic acids is 1. The Bertz CT molecular complexity index is 276. The minimum atomic E-state index is 0.271. The lowest BCUT2D eigenvalue weighted by molar-refractivity contribution is -0.125. The first-order valence-electron chi connectivity index (χ1n) is 7.22. The molecule has 0 aromatic heterocycles. The molecule has 3 nitrogen and oxygen atoms in total. The summed E-state index contributed by atoms with van der Waals surface area (Å²) in [7, 11) is 0. The van der Waals surface area contributed by atoms with Gasteiger partial charge >= 0.3 is 0 Å². The lowest BCUT2D eigenvalue weighted by Gasteiger charge is -2.14. The number of hydrogen-bond acceptors (Lipinski definition) is 2. The fourth-order valence-corrected chi connectivity index (χ4v) is 3.53. The fraction of sp³-hybridized carbons (Fsp3) is 0.929. The number of fused-ring (bicyclic) bond motifs is 1. The van der Waals surface area contributed by atoms with Crippen molar-refractivity contribution in [3.05, 3.63) is 0 Å². The minimum absolute atomic E-state index is 0.271. The van der Waals surface area contributed by atoms with E-state index in [1.54, 1.807) is 0 Å². The summed E-state index contributed by atoms with van der Waals surface area (Å²) in [5, 5.41) is 3.03. The number of amides is 1. The third kappa shape index (κ3) is 2.82. The molecule has 0 heterocycles. The van der Waals surface area contributed by atoms with Gasteiger partial charge in [-0.3, -0.25) is 4.79 Å². The van der Waals surface area contributed by atoms with Crippen molar-refractivity contribution in [3.63, 3.8) is 0 Å². The predicted molar refractivity (Wildman–Crippen MR) is 65.5 cm³/mol. The van der Waals surface area contributed by atoms with Gasteiger partial charge in [0.15, 0.2) is 0 Å². The van der Waals surface area contributed by atoms with Gasteiger partial charge in [0, 0.05) is 12.5 Å². The van der Waals surface area contributed by atoms with Gasteiger partial charge in [0.25, 0.3) is 0 Å². The molecule has 3 aliphatic rings. The van der Waals surface area contributed by atoms with Gasteiger partial charge in [0.2, 0.25) is 5.91 Å². The van der Waals surface area contributed by atoms with Crippen LogP contribution in [-0.4, -0.2) is 25.2 Å². The molecular weight excluding hydrogens is 214 g/mol. The molecule has 1 amide bonds. The standard InChI is InChI=1S/C14H23NO2/c16-14(12-8-10-7-11(10)9-12)15-5-6-17-13-3-1-2-4-13/h10-13H,1-9H2,(H,15,16). The smallest absolute Gasteiger partial charge is 0.223 e. The predicted octanol–water partition coefficient (Wildman–Crippen LogP) is 2.11. The first-order valence-corrected chi connectivity index (χ1v) is 7.22. The van der Waals surface area contributed by atoms with Crippen molar-refractivity contribution in [1.82, 2.24) is 5.32 Å². The van der Waals surface area contributed by atoms with E-state index in [0.29, 0.717) is 25.2 Å². The van der Waals surface area contributed by atoms with Crippen molar-refractivity contribution in [3.8, 4) is 0 Å². The third-order valence-electron chi connectivity index (χ3n) is 4.67. The molecule has 3 fully saturated rings. The van der Waals surface area contributed by atoms with Gasteiger partial charge in [0.1, 0.15) is 0 Å². The van der Waals surface area contributed by atoms with Crippen LogP contribution in [0.25, 0.3) is 0 Å². The van der Waals surface area contributed by atoms with E-state index >= 15 is 0 Å². The van der Waals surface area contributed by atoms with Crippen LogP contribution >= 0.6 is 0 Å². The van der Waals surface area contributed by atoms with Gasteiger partial charge in [-0.15, -0.1) is 0 Å². The zero-order valence-electron chi connectivity index (χ0n) is 10.5. The van der Waals surface area contributed by atoms with Crippen molar-refractivity contribution in [2.75, 3.05) is 13.2 Å². The van der Waals surface area contributed by atoms with E-state index in [1.165, 1.54) is 32.1 Å². The van der Waals surface area contributed by atoms with Gasteiger partial charge in [0.05, 0.1) is 12.7 Å². The second-order valence-electron chi connectivity index (χ2n) is 5.99. The molecule has 96 valence electrons. The number of carbonyl (C=O) groups is 1. The lowest BCUT2D eigenvalue weighted by atomic mass is 10.0. The van der Waals surface area contributed by atoms with Crippen LogP contribution in [0.4, 0.5) is 0 Å². The van der Waals surface area contributed by atoms with Gasteiger partial charge in [-0.25, -0.2) is 0 Å². The monoisotopic (exact) mass is 237 g/mol. The van der Waals surface area contributed by atoms with E-state index in [9.17, 15) is 4.79 Å². The van der Waals surface area contributed by atoms with Crippen molar-refractivity contribution in [1.29, 1.82) is 0 Å². The molecule has 2 unspecified atom stereocenters. The highest BCUT2D eigenvalue weighted by Crippen LogP contribution is 2.54. The molecule has 3 aliphatic carbocycles. The summed E-state index contributed by atoms with van der Waals surface area (Å²) in [4.78, 5) is 11.8. The number of nitrogens with one attached hydrogen (secondary N) is 1. The maximum Gasteiger partial charge on any atom is 0.223 e. The molecule has 0 bridgehead atoms. The second kappa shape index (κ2) is 4.97. The molecule has 0 spiro atoms. The maximum absolute atomic E-state index is 11.8. The summed E-state index contributed by atoms with van der Waals surface area (Å²) in [6, 6.07) is 0. The average Bonchev–Trinajstić information content (AvgIpc) is 2.81. The molecule has 0 saturated heterocycles. The van der Waals surface area contributed by atoms with Crippen molar-refractivity contribution < 1.29 is 9.53 Å². The topological polar surface area (TPSA) is 38.3 Å². The molecule has 0 aliphatic heterocycles. The van der Waals surface area contributed by atoms with Crippen LogP contribution in [0.2, 0.25) is 0 Å². The Morgan fingerprint density at radius 2 is 1.82 bits per heavy atom. The molecular formula is C14H23NO2. The SMILES string of the molecule is O=C(NCCOC1CCCC1)C1CC2CC2C1. The Labute approximate surface area is 103 Å². The van der Waals surface area contributed by atoms with Gasteiger partial charge < -0.3 is 10.1 Å². The molecule has 0 radical (unpaired) electrons. The number of ether oxygens (including phenoxy) is 1. The Kier molecular flexibility index (Phi) is 3.37. The van der Waals surface area contributed by atoms with Crippen LogP contribution in [0, 0.1) is 17.8 Å². The molecule has 0 aromatic rings. The summed E-state index contributed by atoms with van der Waals surface area (Å²) in [6.45, 7) is 1.39. The Hall–Kier alpha value is -0.570. The van der Waals surface area contributed by atoms with Crippen LogP contribution in [0.15, 0.2) is 0 Å². The normalized spacial score (nSPS) is 35.9. The van der Waals surface area contributed by atoms with Crippen LogP contribution in [-0.2, 0) is 9.53 Å². The molecule has 3 rings (SSSR count). The van der Waals surface area contributed by atoms with E-state index in [1.807, 2.05) is 0 Å². The maximum atomic E-state index is 11.8. The quantitative estimate of drug-likeness (QED) is 0.744. The van der Waals surface area contributed by atoms with Crippen LogP contribution in [0.3, 0.4) is 0 Å². The summed E-state index contributed by atoms with van der Waals surface area (Å²) < 4.78 is 5.73. The summed E-state index contributed by atoms with van der Waals surface area (Å²) in [5.74, 6) is 2.36. The number of hydrogen-bond donors (Lipinski definition) is 1. The Balaban J connectivity index is 1.27. The molecule has 17 heavy (non-hydrogen) atoms. The fourth-order valence-electron chi connectivity index (χ4n) is 3.53. The largest absolute Gasteiger partial charge is 0.376 e. The summed E-state index contributed by atoms with van der Waals surface area (Å²) in [6.07, 6.45) is 9.16. The van der Waals surface area contributed by atoms with E-state index in [2.05, 4.69) is 5.32 Å². The highest BCUT2D eigenvalue weighted by atomic mass is 16.5. The van der Waals surface area contributed by atoms with Crippen molar-refractivity contribution in [2.45, 2.75) is 51.0 Å². The molecule has 3 saturated carbocycles. The van der Waals surface area contributed by atoms with E-state index in [-0.39, 0.29) is 5.91 Å². The van der Waals surface area contributed by atoms with Gasteiger partial charge in [-0.05, 0) is 43.9 Å². The molecule has 2 atom stereocenters. The van der Waals surface area contributed by atoms with E-state index < -0.39 is 0 Å². The van der Waals surface area contributed by atoms with Crippen molar-refractivity contribution in [2.24, 2.45) is 17.8 Å². The Morgan fingerprint density at radius 3 is 2.53 bits per heavy atom. The zero-order valence-corrected chi connectivity index (χ0v) is 10.5. The minimum Gasteiger partial charge on any atom is -0.376 e. The van der Waals surface area contributed by atoms with E-state index in [4.69, 9.17) is 4.74 Å². The third-order valence-corrected chi connectivity index (χ3v) is 4.67. The number of rotatable bonds is 5. The average molecular weight is 237 g/mol. The highest BCUT2D eigenvalue weighted by molar-refractivity contribution is 5.79. The zero-order chi connectivity index (χ0) is 11.7. The molecule has 1 N–H and O–H groups in total.